The maximum atomic E-state index is 6.21. The third-order valence-electron chi connectivity index (χ3n) is 0.204. The second-order valence-corrected chi connectivity index (χ2v) is 0.704. The molecule has 1 heteroatoms. The van der Waals surface area contributed by atoms with E-state index in [1.807, 2.05) is 6.92 Å². The minimum absolute atomic E-state index is 0.500. The van der Waals surface area contributed by atoms with Crippen LogP contribution in [0.2, 0.25) is 0 Å². The molecule has 0 aromatic heterocycles. The Morgan fingerprint density at radius 3 is 2.83 bits per heavy atom. The topological polar surface area (TPSA) is 20.2 Å². The fourth-order valence-electron chi connectivity index (χ4n) is 0. The maximum absolute atomic E-state index is 6.21. The molecule has 0 amide bonds. The lowest BCUT2D eigenvalue weighted by Crippen LogP contribution is -1.69. The van der Waals surface area contributed by atoms with E-state index in [-0.39, 0.29) is 0 Å². The van der Waals surface area contributed by atoms with Crippen molar-refractivity contribution in [2.45, 2.75) is 27.2 Å². The summed E-state index contributed by atoms with van der Waals surface area (Å²) >= 11 is 0. The fourth-order valence-corrected chi connectivity index (χ4v) is 0. The van der Waals surface area contributed by atoms with Crippen LogP contribution in [0.1, 0.15) is 31.5 Å². The third-order valence-corrected chi connectivity index (χ3v) is 0.204. The minimum atomic E-state index is 0.500. The van der Waals surface area contributed by atoms with Crippen molar-refractivity contribution >= 4 is 0 Å². The predicted molar refractivity (Wildman–Crippen MR) is 30.8 cm³/mol. The number of hydrogen-bond acceptors (Lipinski definition) is 1. The molecule has 6 heavy (non-hydrogen) atoms. The van der Waals surface area contributed by atoms with Gasteiger partial charge >= 0.3 is 0 Å². The van der Waals surface area contributed by atoms with Crippen molar-refractivity contribution in [2.75, 3.05) is 6.61 Å². The van der Waals surface area contributed by atoms with Crippen molar-refractivity contribution in [1.82, 2.24) is 0 Å². The van der Waals surface area contributed by atoms with Crippen molar-refractivity contribution in [1.29, 1.82) is 1.43 Å². The normalized spacial score (nSPS) is 11.7. The van der Waals surface area contributed by atoms with E-state index in [0.29, 0.717) is 13.5 Å². The molecule has 1 N–H and O–H groups in total. The second kappa shape index (κ2) is 20.2. The lowest BCUT2D eigenvalue weighted by molar-refractivity contribution is 0.295. The first kappa shape index (κ1) is 3.03. The summed E-state index contributed by atoms with van der Waals surface area (Å²) < 4.78 is 22.3. The van der Waals surface area contributed by atoms with Crippen LogP contribution in [-0.4, -0.2) is 13.1 Å². The van der Waals surface area contributed by atoms with Crippen molar-refractivity contribution in [3.05, 3.63) is 0 Å². The van der Waals surface area contributed by atoms with Crippen LogP contribution >= 0.6 is 0 Å². The van der Waals surface area contributed by atoms with E-state index in [2.05, 4.69) is 5.11 Å². The molecular weight excluding hydrogens is 76.1 g/mol. The first-order chi connectivity index (χ1) is 4.83. The summed E-state index contributed by atoms with van der Waals surface area (Å²) in [4.78, 5) is 0. The average Bonchev–Trinajstić information content (AvgIpc) is 1.96. The Bertz CT molecular complexity index is 27.6. The first-order valence-corrected chi connectivity index (χ1v) is 2.20. The van der Waals surface area contributed by atoms with Crippen molar-refractivity contribution in [3.8, 4) is 0 Å². The Balaban J connectivity index is -0.0000000847. The van der Waals surface area contributed by atoms with Crippen LogP contribution in [0.3, 0.4) is 0 Å². The molecular formula is C5H16O. The standard InChI is InChI=1S/C3H8O.C2H6.H2/c1-2-3-4;1-2;/h4H,2-3H2,1H3;1-2H3;1H/i4T;1T;1+2T. The summed E-state index contributed by atoms with van der Waals surface area (Å²) in [5, 5.41) is 3.94. The highest BCUT2D eigenvalue weighted by atomic mass is 16.2. The zero-order valence-electron chi connectivity index (χ0n) is 8.53. The van der Waals surface area contributed by atoms with Gasteiger partial charge in [-0.1, -0.05) is 20.7 Å². The second-order valence-electron chi connectivity index (χ2n) is 0.704. The van der Waals surface area contributed by atoms with Crippen molar-refractivity contribution in [2.24, 2.45) is 0 Å². The smallest absolute Gasteiger partial charge is 0.210 e. The Hall–Kier alpha value is -0.0400. The van der Waals surface area contributed by atoms with E-state index in [1.165, 1.54) is 0 Å². The molecule has 0 aromatic carbocycles. The van der Waals surface area contributed by atoms with E-state index in [0.717, 1.165) is 6.42 Å². The molecule has 0 spiro atoms. The molecule has 1 nitrogen and oxygen atoms in total. The van der Waals surface area contributed by atoms with E-state index in [1.54, 1.807) is 6.92 Å². The van der Waals surface area contributed by atoms with Gasteiger partial charge < -0.3 is 5.11 Å². The molecule has 0 atom stereocenters. The summed E-state index contributed by atoms with van der Waals surface area (Å²) in [6.45, 7) is 4.81. The van der Waals surface area contributed by atoms with Gasteiger partial charge in [0.1, 0.15) is 0 Å². The van der Waals surface area contributed by atoms with E-state index >= 15 is 0 Å². The number of aliphatic hydroxyl groups excluding tert-OH is 1. The molecule has 0 saturated carbocycles. The highest BCUT2D eigenvalue weighted by Crippen LogP contribution is 1.61. The van der Waals surface area contributed by atoms with Crippen molar-refractivity contribution < 1.29 is 9.45 Å². The number of aliphatic hydroxyl groups is 1. The molecule has 0 aliphatic carbocycles. The van der Waals surface area contributed by atoms with E-state index in [9.17, 15) is 0 Å². The van der Waals surface area contributed by atoms with Gasteiger partial charge in [0.05, 0.1) is 0 Å². The number of rotatable bonds is 2. The van der Waals surface area contributed by atoms with Crippen LogP contribution in [0.4, 0.5) is 0 Å². The monoisotopic (exact) mass is 100 g/mol. The summed E-state index contributed by atoms with van der Waals surface area (Å²) in [6, 6.07) is 0. The van der Waals surface area contributed by atoms with Gasteiger partial charge in [-0.3, -0.25) is 0 Å². The first-order valence-electron chi connectivity index (χ1n) is 4.32. The molecule has 0 aromatic rings. The van der Waals surface area contributed by atoms with Gasteiger partial charge in [-0.05, 0) is 6.42 Å². The Labute approximate surface area is 46.0 Å². The van der Waals surface area contributed by atoms with Gasteiger partial charge in [-0.15, -0.1) is 0 Å². The third kappa shape index (κ3) is 37.6. The summed E-state index contributed by atoms with van der Waals surface area (Å²) in [6.07, 6.45) is 0.934. The average molecular weight is 100 g/mol. The molecule has 0 aliphatic rings. The zero-order valence-corrected chi connectivity index (χ0v) is 4.53. The van der Waals surface area contributed by atoms with Crippen LogP contribution in [0.15, 0.2) is 0 Å². The van der Waals surface area contributed by atoms with E-state index < -0.39 is 0 Å². The summed E-state index contributed by atoms with van der Waals surface area (Å²) in [5.74, 6) is 0. The molecule has 0 fully saturated rings. The largest absolute Gasteiger partial charge is 0.396 e. The Kier molecular flexibility index (Phi) is 10.2. The highest BCUT2D eigenvalue weighted by molar-refractivity contribution is 4.10. The van der Waals surface area contributed by atoms with Gasteiger partial charge in [-0.2, -0.15) is 0 Å². The Morgan fingerprint density at radius 2 is 2.83 bits per heavy atom. The summed E-state index contributed by atoms with van der Waals surface area (Å²) in [5.41, 5.74) is 0. The molecule has 0 radical (unpaired) electrons. The van der Waals surface area contributed by atoms with Gasteiger partial charge in [0.2, 0.25) is 1.43 Å². The molecule has 0 rings (SSSR count). The molecule has 0 bridgehead atoms. The van der Waals surface area contributed by atoms with Crippen LogP contribution < -0.4 is 0 Å². The molecule has 0 aliphatic heterocycles. The summed E-state index contributed by atoms with van der Waals surface area (Å²) in [7, 11) is 0. The van der Waals surface area contributed by atoms with E-state index in [4.69, 9.17) is 5.77 Å². The predicted octanol–water partition coefficient (Wildman–Crippen LogP) is 1.66. The van der Waals surface area contributed by atoms with Gasteiger partial charge in [0.15, 0.2) is 0 Å². The molecule has 0 heterocycles. The highest BCUT2D eigenvalue weighted by Gasteiger charge is 1.57. The minimum Gasteiger partial charge on any atom is -0.396 e. The van der Waals surface area contributed by atoms with Gasteiger partial charge in [-0.25, -0.2) is 0 Å². The Morgan fingerprint density at radius 1 is 2.33 bits per heavy atom. The molecule has 42 valence electrons. The number of hydrogen-bond donors (Lipinski definition) is 1. The SMILES string of the molecule is [3H]CC.[3H]OCCC.[3H][3H]. The zero-order chi connectivity index (χ0) is 8.83. The molecule has 0 saturated heterocycles. The van der Waals surface area contributed by atoms with Gasteiger partial charge in [0.25, 0.3) is 0 Å². The van der Waals surface area contributed by atoms with Gasteiger partial charge in [0, 0.05) is 10.9 Å². The quantitative estimate of drug-likeness (QED) is 0.559. The van der Waals surface area contributed by atoms with Crippen LogP contribution in [0.5, 0.6) is 0 Å². The lowest BCUT2D eigenvalue weighted by atomic mass is 10.5. The molecule has 0 unspecified atom stereocenters. The van der Waals surface area contributed by atoms with Crippen LogP contribution in [0, 0.1) is 0 Å². The van der Waals surface area contributed by atoms with Crippen LogP contribution in [-0.2, 0) is 0 Å². The lowest BCUT2D eigenvalue weighted by Gasteiger charge is -1.69. The van der Waals surface area contributed by atoms with Crippen molar-refractivity contribution in [3.63, 3.8) is 0 Å². The fraction of sp³-hybridized carbons (Fsp3) is 1.00. The maximum Gasteiger partial charge on any atom is 0.210 e. The van der Waals surface area contributed by atoms with Crippen LogP contribution in [0.25, 0.3) is 0 Å².